The van der Waals surface area contributed by atoms with Gasteiger partial charge >= 0.3 is 11.9 Å². The summed E-state index contributed by atoms with van der Waals surface area (Å²) in [5.74, 6) is -2.26. The number of carboxylic acids is 2. The molecular weight excluding hydrogens is 600 g/mol. The molecule has 1 aromatic heterocycles. The Balaban J connectivity index is 0.000000399. The summed E-state index contributed by atoms with van der Waals surface area (Å²) in [6, 6.07) is 23.1. The molecule has 4 aromatic rings. The molecule has 0 spiro atoms. The summed E-state index contributed by atoms with van der Waals surface area (Å²) in [6.45, 7) is 2.79. The van der Waals surface area contributed by atoms with Gasteiger partial charge in [-0.1, -0.05) is 48.5 Å². The third-order valence-corrected chi connectivity index (χ3v) is 8.76. The first kappa shape index (κ1) is 33.8. The molecule has 240 valence electrons. The normalized spacial score (nSPS) is 15.9. The van der Waals surface area contributed by atoms with E-state index in [4.69, 9.17) is 25.2 Å². The molecule has 12 heteroatoms. The molecule has 1 saturated heterocycles. The predicted molar refractivity (Wildman–Crippen MR) is 171 cm³/mol. The quantitative estimate of drug-likeness (QED) is 0.174. The van der Waals surface area contributed by atoms with Crippen LogP contribution in [0.5, 0.6) is 5.75 Å². The van der Waals surface area contributed by atoms with E-state index < -0.39 is 30.3 Å². The molecule has 5 N–H and O–H groups in total. The van der Waals surface area contributed by atoms with Crippen LogP contribution in [0.1, 0.15) is 34.0 Å². The topological polar surface area (TPSA) is 168 Å². The number of carbonyl (C=O) groups is 3. The Bertz CT molecular complexity index is 1610. The van der Waals surface area contributed by atoms with Crippen LogP contribution in [0.2, 0.25) is 0 Å². The smallest absolute Gasteiger partial charge is 0.335 e. The standard InChI is InChI=1S/C29H32N2O3S.C4H6O6/c1-30(2)29(33)28-17-25-26(8-5-9-27(25)35-28)34-19-24(32)18-31-14-12-21(13-15-31)23-11-10-20-6-3-4-7-22(20)16-23;5-1(3(7)8)2(6)4(9)10/h3-11,16-17,21,24,32H,12-15,18-19H2,1-2H3;1-2,5-6H,(H,7,8)(H,9,10). The molecule has 3 aromatic carbocycles. The lowest BCUT2D eigenvalue weighted by molar-refractivity contribution is -0.165. The van der Waals surface area contributed by atoms with Crippen molar-refractivity contribution in [3.8, 4) is 5.75 Å². The summed E-state index contributed by atoms with van der Waals surface area (Å²) in [5.41, 5.74) is 1.42. The first-order chi connectivity index (χ1) is 21.4. The number of carbonyl (C=O) groups excluding carboxylic acids is 1. The number of piperidine rings is 1. The van der Waals surface area contributed by atoms with E-state index in [1.165, 1.54) is 27.7 Å². The van der Waals surface area contributed by atoms with Crippen LogP contribution < -0.4 is 4.74 Å². The number of carboxylic acid groups (broad SMARTS) is 2. The first-order valence-electron chi connectivity index (χ1n) is 14.5. The summed E-state index contributed by atoms with van der Waals surface area (Å²) in [7, 11) is 3.51. The van der Waals surface area contributed by atoms with E-state index in [9.17, 15) is 19.5 Å². The molecule has 5 rings (SSSR count). The van der Waals surface area contributed by atoms with Crippen LogP contribution in [0.25, 0.3) is 20.9 Å². The van der Waals surface area contributed by atoms with E-state index in [-0.39, 0.29) is 12.5 Å². The molecule has 11 nitrogen and oxygen atoms in total. The van der Waals surface area contributed by atoms with Gasteiger partial charge in [0, 0.05) is 30.7 Å². The van der Waals surface area contributed by atoms with Crippen molar-refractivity contribution in [2.24, 2.45) is 0 Å². The lowest BCUT2D eigenvalue weighted by Gasteiger charge is -2.33. The monoisotopic (exact) mass is 638 g/mol. The Kier molecular flexibility index (Phi) is 11.5. The fraction of sp³-hybridized carbons (Fsp3) is 0.364. The molecular formula is C33H38N2O9S. The summed E-state index contributed by atoms with van der Waals surface area (Å²) in [6.07, 6.45) is -2.90. The second-order valence-electron chi connectivity index (χ2n) is 11.2. The lowest BCUT2D eigenvalue weighted by Crippen LogP contribution is -2.40. The van der Waals surface area contributed by atoms with Crippen molar-refractivity contribution < 1.29 is 44.7 Å². The fourth-order valence-corrected chi connectivity index (χ4v) is 6.30. The predicted octanol–water partition coefficient (Wildman–Crippen LogP) is 3.25. The van der Waals surface area contributed by atoms with Gasteiger partial charge in [-0.3, -0.25) is 4.79 Å². The van der Waals surface area contributed by atoms with Gasteiger partial charge in [0.05, 0.1) is 4.88 Å². The zero-order valence-electron chi connectivity index (χ0n) is 25.1. The van der Waals surface area contributed by atoms with Gasteiger partial charge in [0.2, 0.25) is 0 Å². The molecule has 1 aliphatic heterocycles. The SMILES string of the molecule is CN(C)C(=O)c1cc2c(OCC(O)CN3CCC(c4ccc5ccccc5c4)CC3)cccc2s1.O=C(O)C(O)C(O)C(=O)O. The van der Waals surface area contributed by atoms with E-state index in [1.807, 2.05) is 24.3 Å². The fourth-order valence-electron chi connectivity index (χ4n) is 5.20. The zero-order chi connectivity index (χ0) is 32.7. The lowest BCUT2D eigenvalue weighted by atomic mass is 9.88. The van der Waals surface area contributed by atoms with Crippen molar-refractivity contribution in [3.05, 3.63) is 77.2 Å². The highest BCUT2D eigenvalue weighted by Crippen LogP contribution is 2.34. The minimum Gasteiger partial charge on any atom is -0.490 e. The number of hydrogen-bond donors (Lipinski definition) is 5. The number of thiophene rings is 1. The van der Waals surface area contributed by atoms with Gasteiger partial charge in [-0.15, -0.1) is 11.3 Å². The number of rotatable bonds is 10. The minimum atomic E-state index is -2.27. The number of nitrogens with zero attached hydrogens (tertiary/aromatic N) is 2. The van der Waals surface area contributed by atoms with Gasteiger partial charge in [-0.25, -0.2) is 9.59 Å². The van der Waals surface area contributed by atoms with Crippen LogP contribution in [0.15, 0.2) is 66.7 Å². The Hall–Kier alpha value is -4.07. The van der Waals surface area contributed by atoms with E-state index in [2.05, 4.69) is 47.4 Å². The average Bonchev–Trinajstić information content (AvgIpc) is 3.48. The van der Waals surface area contributed by atoms with E-state index in [0.717, 1.165) is 36.0 Å². The number of hydrogen-bond acceptors (Lipinski definition) is 9. The van der Waals surface area contributed by atoms with Gasteiger partial charge in [0.1, 0.15) is 18.5 Å². The number of β-amino-alcohol motifs (C(OH)–C–C–N with tert-alkyl or cyclic N) is 1. The van der Waals surface area contributed by atoms with Crippen LogP contribution in [0.3, 0.4) is 0 Å². The van der Waals surface area contributed by atoms with Gasteiger partial charge in [0.15, 0.2) is 12.2 Å². The Morgan fingerprint density at radius 1 is 0.889 bits per heavy atom. The highest BCUT2D eigenvalue weighted by molar-refractivity contribution is 7.20. The second kappa shape index (κ2) is 15.3. The molecule has 3 unspecified atom stereocenters. The van der Waals surface area contributed by atoms with Crippen molar-refractivity contribution in [1.82, 2.24) is 9.80 Å². The molecule has 0 bridgehead atoms. The summed E-state index contributed by atoms with van der Waals surface area (Å²) in [4.78, 5) is 36.5. The average molecular weight is 639 g/mol. The molecule has 1 amide bonds. The Morgan fingerprint density at radius 2 is 1.53 bits per heavy atom. The highest BCUT2D eigenvalue weighted by atomic mass is 32.1. The molecule has 2 heterocycles. The van der Waals surface area contributed by atoms with Gasteiger partial charge in [0.25, 0.3) is 5.91 Å². The van der Waals surface area contributed by atoms with Gasteiger partial charge in [-0.05, 0) is 66.4 Å². The molecule has 1 aliphatic rings. The molecule has 0 saturated carbocycles. The van der Waals surface area contributed by atoms with Crippen LogP contribution in [-0.4, -0.2) is 112 Å². The first-order valence-corrected chi connectivity index (χ1v) is 15.3. The third-order valence-electron chi connectivity index (χ3n) is 7.68. The van der Waals surface area contributed by atoms with Crippen molar-refractivity contribution >= 4 is 50.0 Å². The molecule has 0 radical (unpaired) electrons. The largest absolute Gasteiger partial charge is 0.490 e. The van der Waals surface area contributed by atoms with E-state index in [0.29, 0.717) is 23.1 Å². The van der Waals surface area contributed by atoms with Crippen molar-refractivity contribution in [3.63, 3.8) is 0 Å². The third kappa shape index (κ3) is 8.77. The maximum atomic E-state index is 12.3. The number of aliphatic carboxylic acids is 2. The van der Waals surface area contributed by atoms with E-state index in [1.54, 1.807) is 19.0 Å². The van der Waals surface area contributed by atoms with E-state index >= 15 is 0 Å². The maximum absolute atomic E-state index is 12.3. The minimum absolute atomic E-state index is 0.00993. The highest BCUT2D eigenvalue weighted by Gasteiger charge is 2.29. The Morgan fingerprint density at radius 3 is 2.16 bits per heavy atom. The number of aliphatic hydroxyl groups excluding tert-OH is 3. The van der Waals surface area contributed by atoms with Crippen LogP contribution in [-0.2, 0) is 9.59 Å². The molecule has 45 heavy (non-hydrogen) atoms. The van der Waals surface area contributed by atoms with Crippen molar-refractivity contribution in [2.75, 3.05) is 40.3 Å². The summed E-state index contributed by atoms with van der Waals surface area (Å²) in [5, 5.41) is 46.7. The van der Waals surface area contributed by atoms with Crippen LogP contribution >= 0.6 is 11.3 Å². The van der Waals surface area contributed by atoms with Gasteiger partial charge < -0.3 is 40.1 Å². The zero-order valence-corrected chi connectivity index (χ0v) is 25.9. The van der Waals surface area contributed by atoms with Gasteiger partial charge in [-0.2, -0.15) is 0 Å². The molecule has 0 aliphatic carbocycles. The number of amides is 1. The second-order valence-corrected chi connectivity index (χ2v) is 12.3. The molecule has 1 fully saturated rings. The number of fused-ring (bicyclic) bond motifs is 2. The van der Waals surface area contributed by atoms with Crippen molar-refractivity contribution in [2.45, 2.75) is 37.1 Å². The van der Waals surface area contributed by atoms with Crippen LogP contribution in [0, 0.1) is 0 Å². The van der Waals surface area contributed by atoms with Crippen molar-refractivity contribution in [1.29, 1.82) is 0 Å². The summed E-state index contributed by atoms with van der Waals surface area (Å²) >= 11 is 1.47. The molecule has 3 atom stereocenters. The summed E-state index contributed by atoms with van der Waals surface area (Å²) < 4.78 is 7.02. The number of benzene rings is 3. The Labute approximate surface area is 264 Å². The number of likely N-dealkylation sites (tertiary alicyclic amines) is 1. The number of ether oxygens (including phenoxy) is 1. The maximum Gasteiger partial charge on any atom is 0.335 e. The number of aliphatic hydroxyl groups is 3. The van der Waals surface area contributed by atoms with Crippen LogP contribution in [0.4, 0.5) is 0 Å².